The molecule has 1 saturated carbocycles. The average Bonchev–Trinajstić information content (AvgIpc) is 3.34. The molecular weight excluding hydrogens is 357 g/mol. The van der Waals surface area contributed by atoms with Gasteiger partial charge < -0.3 is 10.5 Å². The first kappa shape index (κ1) is 17.4. The first-order chi connectivity index (χ1) is 13.6. The Morgan fingerprint density at radius 3 is 2.75 bits per heavy atom. The zero-order valence-electron chi connectivity index (χ0n) is 15.5. The van der Waals surface area contributed by atoms with E-state index >= 15 is 0 Å². The highest BCUT2D eigenvalue weighted by Crippen LogP contribution is 2.52. The van der Waals surface area contributed by atoms with E-state index in [2.05, 4.69) is 12.1 Å². The molecule has 0 aromatic heterocycles. The number of hydrogen-bond donors (Lipinski definition) is 1. The summed E-state index contributed by atoms with van der Waals surface area (Å²) in [6.45, 7) is 0.459. The van der Waals surface area contributed by atoms with Crippen LogP contribution in [-0.2, 0) is 4.79 Å². The van der Waals surface area contributed by atoms with Gasteiger partial charge in [0.15, 0.2) is 11.8 Å². The van der Waals surface area contributed by atoms with Crippen molar-refractivity contribution in [3.8, 4) is 5.75 Å². The Morgan fingerprint density at radius 1 is 1.14 bits per heavy atom. The van der Waals surface area contributed by atoms with Crippen LogP contribution in [0.3, 0.4) is 0 Å². The molecule has 0 spiro atoms. The van der Waals surface area contributed by atoms with Crippen LogP contribution in [0.4, 0.5) is 10.1 Å². The minimum Gasteiger partial charge on any atom is -0.481 e. The van der Waals surface area contributed by atoms with E-state index in [0.29, 0.717) is 18.0 Å². The minimum atomic E-state index is -0.326. The number of fused-ring (bicyclic) bond motifs is 3. The maximum Gasteiger partial charge on any atom is 0.226 e. The third kappa shape index (κ3) is 2.41. The van der Waals surface area contributed by atoms with Gasteiger partial charge >= 0.3 is 0 Å². The van der Waals surface area contributed by atoms with E-state index in [-0.39, 0.29) is 40.2 Å². The van der Waals surface area contributed by atoms with E-state index < -0.39 is 0 Å². The number of hydrogen-bond acceptors (Lipinski definition) is 3. The summed E-state index contributed by atoms with van der Waals surface area (Å²) < 4.78 is 20.5. The summed E-state index contributed by atoms with van der Waals surface area (Å²) in [5, 5.41) is 5.00. The molecule has 1 fully saturated rings. The van der Waals surface area contributed by atoms with Crippen LogP contribution in [0.25, 0.3) is 0 Å². The van der Waals surface area contributed by atoms with E-state index in [1.165, 1.54) is 12.1 Å². The van der Waals surface area contributed by atoms with Gasteiger partial charge in [-0.15, -0.1) is 0 Å². The molecule has 28 heavy (non-hydrogen) atoms. The van der Waals surface area contributed by atoms with E-state index in [4.69, 9.17) is 15.6 Å². The van der Waals surface area contributed by atoms with Gasteiger partial charge in [0.2, 0.25) is 11.6 Å². The summed E-state index contributed by atoms with van der Waals surface area (Å²) in [6.07, 6.45) is 4.46. The molecule has 2 aliphatic heterocycles. The van der Waals surface area contributed by atoms with Crippen LogP contribution in [-0.4, -0.2) is 30.8 Å². The fourth-order valence-electron chi connectivity index (χ4n) is 5.37. The van der Waals surface area contributed by atoms with Gasteiger partial charge in [-0.1, -0.05) is 35.4 Å². The number of benzene rings is 2. The molecule has 1 amide bonds. The number of carbonyl (C=O) groups excluding carboxylic acids is 1. The lowest BCUT2D eigenvalue weighted by molar-refractivity contribution is -0.123. The van der Waals surface area contributed by atoms with Crippen LogP contribution in [0.15, 0.2) is 53.6 Å². The van der Waals surface area contributed by atoms with E-state index in [1.807, 2.05) is 24.4 Å². The first-order valence-electron chi connectivity index (χ1n) is 9.82. The molecule has 0 bridgehead atoms. The highest BCUT2D eigenvalue weighted by Gasteiger charge is 2.61. The molecule has 0 radical (unpaired) electrons. The van der Waals surface area contributed by atoms with Crippen molar-refractivity contribution in [1.82, 2.24) is 4.59 Å². The second-order valence-electron chi connectivity index (χ2n) is 7.94. The highest BCUT2D eigenvalue weighted by atomic mass is 19.1. The van der Waals surface area contributed by atoms with Crippen molar-refractivity contribution in [2.75, 3.05) is 6.61 Å². The average molecular weight is 380 g/mol. The second-order valence-corrected chi connectivity index (χ2v) is 7.94. The zero-order chi connectivity index (χ0) is 19.3. The molecule has 2 aromatic carbocycles. The van der Waals surface area contributed by atoms with Crippen molar-refractivity contribution in [3.05, 3.63) is 59.9 Å². The molecule has 5 atom stereocenters. The number of halogens is 1. The van der Waals surface area contributed by atoms with Gasteiger partial charge in [-0.25, -0.2) is 4.39 Å². The Labute approximate surface area is 163 Å². The summed E-state index contributed by atoms with van der Waals surface area (Å²) in [5.41, 5.74) is 7.61. The quantitative estimate of drug-likeness (QED) is 0.830. The van der Waals surface area contributed by atoms with Crippen molar-refractivity contribution in [3.63, 3.8) is 0 Å². The Bertz CT molecular complexity index is 948. The Hall–Kier alpha value is -2.73. The molecule has 5 unspecified atom stereocenters. The van der Waals surface area contributed by atoms with Gasteiger partial charge in [0.1, 0.15) is 18.5 Å². The van der Waals surface area contributed by atoms with Gasteiger partial charge in [-0.3, -0.25) is 4.79 Å². The van der Waals surface area contributed by atoms with Gasteiger partial charge in [-0.05, 0) is 30.5 Å². The SMILES string of the molecule is NC(=O)C1CCCC1[N+]12N=CC(c3ccccc3)C1COc1ccc(F)cc12. The molecule has 2 aromatic rings. The van der Waals surface area contributed by atoms with Gasteiger partial charge in [0.25, 0.3) is 0 Å². The maximum absolute atomic E-state index is 14.3. The van der Waals surface area contributed by atoms with E-state index in [0.717, 1.165) is 24.8 Å². The van der Waals surface area contributed by atoms with Crippen molar-refractivity contribution in [1.29, 1.82) is 0 Å². The summed E-state index contributed by atoms with van der Waals surface area (Å²) in [7, 11) is 0. The Kier molecular flexibility index (Phi) is 3.98. The van der Waals surface area contributed by atoms with Crippen LogP contribution >= 0.6 is 0 Å². The lowest BCUT2D eigenvalue weighted by atomic mass is 9.88. The molecule has 0 saturated heterocycles. The summed E-state index contributed by atoms with van der Waals surface area (Å²) >= 11 is 0. The van der Waals surface area contributed by atoms with E-state index in [1.54, 1.807) is 6.07 Å². The smallest absolute Gasteiger partial charge is 0.226 e. The van der Waals surface area contributed by atoms with Crippen molar-refractivity contribution < 1.29 is 13.9 Å². The normalized spacial score (nSPS) is 33.2. The number of carbonyl (C=O) groups is 1. The lowest BCUT2D eigenvalue weighted by Crippen LogP contribution is -2.64. The number of rotatable bonds is 3. The predicted octanol–water partition coefficient (Wildman–Crippen LogP) is 3.33. The van der Waals surface area contributed by atoms with Crippen LogP contribution in [0.2, 0.25) is 0 Å². The Morgan fingerprint density at radius 2 is 1.96 bits per heavy atom. The fraction of sp³-hybridized carbons (Fsp3) is 0.364. The zero-order valence-corrected chi connectivity index (χ0v) is 15.5. The molecule has 3 aliphatic rings. The second kappa shape index (κ2) is 6.41. The van der Waals surface area contributed by atoms with Crippen molar-refractivity contribution in [2.45, 2.75) is 37.3 Å². The number of nitrogens with two attached hydrogens (primary N) is 1. The third-order valence-electron chi connectivity index (χ3n) is 6.59. The van der Waals surface area contributed by atoms with E-state index in [9.17, 15) is 9.18 Å². The molecule has 2 heterocycles. The third-order valence-corrected chi connectivity index (χ3v) is 6.59. The van der Waals surface area contributed by atoms with Crippen LogP contribution in [0, 0.1) is 11.7 Å². The van der Waals surface area contributed by atoms with Gasteiger partial charge in [0, 0.05) is 12.5 Å². The summed E-state index contributed by atoms with van der Waals surface area (Å²) in [5.74, 6) is -0.224. The number of quaternary nitrogens is 1. The number of nitrogens with zero attached hydrogens (tertiary/aromatic N) is 2. The molecular formula is C22H23FN3O2+. The van der Waals surface area contributed by atoms with Gasteiger partial charge in [0.05, 0.1) is 18.1 Å². The monoisotopic (exact) mass is 380 g/mol. The molecule has 2 N–H and O–H groups in total. The Balaban J connectivity index is 1.68. The molecule has 6 heteroatoms. The number of primary amides is 1. The molecule has 144 valence electrons. The molecule has 5 rings (SSSR count). The number of ether oxygens (including phenoxy) is 1. The van der Waals surface area contributed by atoms with Crippen molar-refractivity contribution in [2.24, 2.45) is 16.8 Å². The van der Waals surface area contributed by atoms with Crippen LogP contribution < -0.4 is 15.1 Å². The maximum atomic E-state index is 14.3. The summed E-state index contributed by atoms with van der Waals surface area (Å²) in [4.78, 5) is 12.2. The predicted molar refractivity (Wildman–Crippen MR) is 105 cm³/mol. The molecule has 1 aliphatic carbocycles. The van der Waals surface area contributed by atoms with Crippen molar-refractivity contribution >= 4 is 17.8 Å². The standard InChI is InChI=1S/C22H22FN3O2/c23-15-9-10-21-19(11-15)26(18-8-4-7-16(18)22(24)27)20(13-28-21)17(12-25-26)14-5-2-1-3-6-14/h1-3,5-6,9-12,16-18,20H,4,7-8,13H2,(H-,24,27)/p+1. The fourth-order valence-corrected chi connectivity index (χ4v) is 5.37. The summed E-state index contributed by atoms with van der Waals surface area (Å²) in [6, 6.07) is 14.6. The van der Waals surface area contributed by atoms with Crippen LogP contribution in [0.1, 0.15) is 30.7 Å². The lowest BCUT2D eigenvalue weighted by Gasteiger charge is -2.45. The largest absolute Gasteiger partial charge is 0.481 e. The highest BCUT2D eigenvalue weighted by molar-refractivity contribution is 5.80. The number of amides is 1. The van der Waals surface area contributed by atoms with Gasteiger partial charge in [-0.2, -0.15) is 4.59 Å². The molecule has 5 nitrogen and oxygen atoms in total. The minimum absolute atomic E-state index is 0.0340. The van der Waals surface area contributed by atoms with Crippen LogP contribution in [0.5, 0.6) is 5.75 Å². The topological polar surface area (TPSA) is 64.7 Å². The first-order valence-corrected chi connectivity index (χ1v) is 9.82.